The van der Waals surface area contributed by atoms with Crippen molar-refractivity contribution in [3.63, 3.8) is 0 Å². The van der Waals surface area contributed by atoms with Gasteiger partial charge in [-0.2, -0.15) is 0 Å². The molecule has 0 unspecified atom stereocenters. The van der Waals surface area contributed by atoms with E-state index in [-0.39, 0.29) is 23.7 Å². The highest BCUT2D eigenvalue weighted by atomic mass is 16.4. The molecular weight excluding hydrogens is 278 g/mol. The SMILES string of the molecule is Cc1ccccc1C(=O)NCC1(C)CCC(CC(=O)O)CC1. The molecule has 0 heterocycles. The van der Waals surface area contributed by atoms with E-state index in [1.807, 2.05) is 31.2 Å². The molecule has 0 bridgehead atoms. The van der Waals surface area contributed by atoms with Crippen LogP contribution in [-0.4, -0.2) is 23.5 Å². The molecule has 0 radical (unpaired) electrons. The molecule has 4 heteroatoms. The highest BCUT2D eigenvalue weighted by molar-refractivity contribution is 5.95. The van der Waals surface area contributed by atoms with Crippen molar-refractivity contribution in [2.24, 2.45) is 11.3 Å². The zero-order valence-corrected chi connectivity index (χ0v) is 13.4. The lowest BCUT2D eigenvalue weighted by Gasteiger charge is -2.37. The molecule has 0 aliphatic heterocycles. The number of hydrogen-bond donors (Lipinski definition) is 2. The molecule has 1 aromatic carbocycles. The fourth-order valence-electron chi connectivity index (χ4n) is 3.22. The second-order valence-electron chi connectivity index (χ2n) is 6.85. The van der Waals surface area contributed by atoms with Crippen molar-refractivity contribution in [2.45, 2.75) is 46.0 Å². The number of amides is 1. The summed E-state index contributed by atoms with van der Waals surface area (Å²) in [6, 6.07) is 7.59. The summed E-state index contributed by atoms with van der Waals surface area (Å²) in [5.74, 6) is -0.439. The van der Waals surface area contributed by atoms with Gasteiger partial charge in [-0.15, -0.1) is 0 Å². The first-order valence-corrected chi connectivity index (χ1v) is 7.95. The van der Waals surface area contributed by atoms with Gasteiger partial charge in [-0.05, 0) is 55.6 Å². The van der Waals surface area contributed by atoms with E-state index < -0.39 is 5.97 Å². The molecule has 120 valence electrons. The van der Waals surface area contributed by atoms with Gasteiger partial charge in [-0.3, -0.25) is 9.59 Å². The fraction of sp³-hybridized carbons (Fsp3) is 0.556. The van der Waals surface area contributed by atoms with Crippen LogP contribution in [0.4, 0.5) is 0 Å². The lowest BCUT2D eigenvalue weighted by molar-refractivity contribution is -0.138. The normalized spacial score (nSPS) is 24.7. The predicted molar refractivity (Wildman–Crippen MR) is 85.8 cm³/mol. The van der Waals surface area contributed by atoms with Gasteiger partial charge in [0.1, 0.15) is 0 Å². The quantitative estimate of drug-likeness (QED) is 0.876. The van der Waals surface area contributed by atoms with Crippen LogP contribution in [0.15, 0.2) is 24.3 Å². The molecule has 22 heavy (non-hydrogen) atoms. The van der Waals surface area contributed by atoms with Gasteiger partial charge in [0.25, 0.3) is 5.91 Å². The molecule has 2 N–H and O–H groups in total. The summed E-state index contributed by atoms with van der Waals surface area (Å²) in [7, 11) is 0. The maximum absolute atomic E-state index is 12.3. The number of carbonyl (C=O) groups excluding carboxylic acids is 1. The molecule has 1 aliphatic rings. The average Bonchev–Trinajstić information content (AvgIpc) is 2.48. The molecule has 0 atom stereocenters. The van der Waals surface area contributed by atoms with Crippen molar-refractivity contribution in [3.8, 4) is 0 Å². The van der Waals surface area contributed by atoms with E-state index in [9.17, 15) is 9.59 Å². The van der Waals surface area contributed by atoms with Crippen LogP contribution >= 0.6 is 0 Å². The van der Waals surface area contributed by atoms with Crippen molar-refractivity contribution < 1.29 is 14.7 Å². The van der Waals surface area contributed by atoms with Crippen molar-refractivity contribution in [3.05, 3.63) is 35.4 Å². The third kappa shape index (κ3) is 4.33. The summed E-state index contributed by atoms with van der Waals surface area (Å²) in [4.78, 5) is 23.0. The molecular formula is C18H25NO3. The number of aryl methyl sites for hydroxylation is 1. The Morgan fingerprint density at radius 1 is 1.27 bits per heavy atom. The summed E-state index contributed by atoms with van der Waals surface area (Å²) in [5.41, 5.74) is 1.79. The Balaban J connectivity index is 1.85. The maximum Gasteiger partial charge on any atom is 0.303 e. The summed E-state index contributed by atoms with van der Waals surface area (Å²) >= 11 is 0. The van der Waals surface area contributed by atoms with Crippen LogP contribution in [0.2, 0.25) is 0 Å². The van der Waals surface area contributed by atoms with Gasteiger partial charge in [0.05, 0.1) is 0 Å². The van der Waals surface area contributed by atoms with E-state index in [0.717, 1.165) is 36.8 Å². The van der Waals surface area contributed by atoms with E-state index >= 15 is 0 Å². The molecule has 4 nitrogen and oxygen atoms in total. The Bertz CT molecular complexity index is 545. The van der Waals surface area contributed by atoms with Crippen LogP contribution in [0.25, 0.3) is 0 Å². The van der Waals surface area contributed by atoms with Crippen LogP contribution in [0.5, 0.6) is 0 Å². The fourth-order valence-corrected chi connectivity index (χ4v) is 3.22. The number of aliphatic carboxylic acids is 1. The smallest absolute Gasteiger partial charge is 0.303 e. The zero-order chi connectivity index (χ0) is 16.2. The Kier molecular flexibility index (Phi) is 5.22. The number of hydrogen-bond acceptors (Lipinski definition) is 2. The number of rotatable bonds is 5. The predicted octanol–water partition coefficient (Wildman–Crippen LogP) is 3.40. The van der Waals surface area contributed by atoms with Crippen LogP contribution in [-0.2, 0) is 4.79 Å². The molecule has 1 aromatic rings. The maximum atomic E-state index is 12.3. The molecule has 0 saturated heterocycles. The number of carbonyl (C=O) groups is 2. The number of nitrogens with one attached hydrogen (secondary N) is 1. The second kappa shape index (κ2) is 6.95. The minimum Gasteiger partial charge on any atom is -0.481 e. The minimum atomic E-state index is -0.707. The van der Waals surface area contributed by atoms with Crippen molar-refractivity contribution in [1.82, 2.24) is 5.32 Å². The van der Waals surface area contributed by atoms with Crippen molar-refractivity contribution >= 4 is 11.9 Å². The molecule has 2 rings (SSSR count). The molecule has 1 fully saturated rings. The third-order valence-corrected chi connectivity index (χ3v) is 4.84. The summed E-state index contributed by atoms with van der Waals surface area (Å²) in [6.07, 6.45) is 4.08. The first kappa shape index (κ1) is 16.5. The molecule has 0 spiro atoms. The molecule has 0 aromatic heterocycles. The largest absolute Gasteiger partial charge is 0.481 e. The summed E-state index contributed by atoms with van der Waals surface area (Å²) < 4.78 is 0. The van der Waals surface area contributed by atoms with Gasteiger partial charge in [-0.1, -0.05) is 25.1 Å². The van der Waals surface area contributed by atoms with Gasteiger partial charge in [0.2, 0.25) is 0 Å². The Labute approximate surface area is 131 Å². The first-order valence-electron chi connectivity index (χ1n) is 7.95. The topological polar surface area (TPSA) is 66.4 Å². The van der Waals surface area contributed by atoms with Crippen LogP contribution in [0, 0.1) is 18.3 Å². The summed E-state index contributed by atoms with van der Waals surface area (Å²) in [6.45, 7) is 4.77. The van der Waals surface area contributed by atoms with E-state index in [2.05, 4.69) is 12.2 Å². The van der Waals surface area contributed by atoms with Crippen molar-refractivity contribution in [1.29, 1.82) is 0 Å². The van der Waals surface area contributed by atoms with Gasteiger partial charge in [0.15, 0.2) is 0 Å². The number of carboxylic acids is 1. The van der Waals surface area contributed by atoms with Crippen molar-refractivity contribution in [2.75, 3.05) is 6.54 Å². The van der Waals surface area contributed by atoms with Gasteiger partial charge in [0, 0.05) is 18.5 Å². The molecule has 1 amide bonds. The monoisotopic (exact) mass is 303 g/mol. The van der Waals surface area contributed by atoms with E-state index in [1.54, 1.807) is 0 Å². The van der Waals surface area contributed by atoms with Crippen LogP contribution in [0.1, 0.15) is 54.9 Å². The summed E-state index contributed by atoms with van der Waals surface area (Å²) in [5, 5.41) is 11.9. The standard InChI is InChI=1S/C18H25NO3/c1-13-5-3-4-6-15(13)17(22)19-12-18(2)9-7-14(8-10-18)11-16(20)21/h3-6,14H,7-12H2,1-2H3,(H,19,22)(H,20,21). The minimum absolute atomic E-state index is 0.0213. The Morgan fingerprint density at radius 3 is 2.50 bits per heavy atom. The first-order chi connectivity index (χ1) is 10.4. The van der Waals surface area contributed by atoms with Gasteiger partial charge in [-0.25, -0.2) is 0 Å². The molecule has 1 aliphatic carbocycles. The van der Waals surface area contributed by atoms with Gasteiger partial charge < -0.3 is 10.4 Å². The Hall–Kier alpha value is -1.84. The number of carboxylic acid groups (broad SMARTS) is 1. The lowest BCUT2D eigenvalue weighted by Crippen LogP contribution is -2.38. The highest BCUT2D eigenvalue weighted by Gasteiger charge is 2.32. The van der Waals surface area contributed by atoms with Crippen LogP contribution in [0.3, 0.4) is 0 Å². The van der Waals surface area contributed by atoms with Crippen LogP contribution < -0.4 is 5.32 Å². The van der Waals surface area contributed by atoms with E-state index in [1.165, 1.54) is 0 Å². The third-order valence-electron chi connectivity index (χ3n) is 4.84. The second-order valence-corrected chi connectivity index (χ2v) is 6.85. The zero-order valence-electron chi connectivity index (χ0n) is 13.4. The van der Waals surface area contributed by atoms with E-state index in [4.69, 9.17) is 5.11 Å². The molecule has 1 saturated carbocycles. The average molecular weight is 303 g/mol. The number of benzene rings is 1. The Morgan fingerprint density at radius 2 is 1.91 bits per heavy atom. The lowest BCUT2D eigenvalue weighted by atomic mass is 9.71. The highest BCUT2D eigenvalue weighted by Crippen LogP contribution is 2.39. The van der Waals surface area contributed by atoms with Gasteiger partial charge >= 0.3 is 5.97 Å². The van der Waals surface area contributed by atoms with E-state index in [0.29, 0.717) is 6.54 Å².